The first-order chi connectivity index (χ1) is 13.0. The van der Waals surface area contributed by atoms with Gasteiger partial charge in [-0.25, -0.2) is 0 Å². The lowest BCUT2D eigenvalue weighted by molar-refractivity contribution is 0.0949. The highest BCUT2D eigenvalue weighted by Crippen LogP contribution is 2.34. The van der Waals surface area contributed by atoms with Crippen LogP contribution in [0.3, 0.4) is 0 Å². The lowest BCUT2D eigenvalue weighted by Crippen LogP contribution is -2.25. The average Bonchev–Trinajstić information content (AvgIpc) is 2.70. The van der Waals surface area contributed by atoms with Crippen LogP contribution < -0.4 is 24.4 Å². The Bertz CT molecular complexity index is 758. The third-order valence-electron chi connectivity index (χ3n) is 4.33. The van der Waals surface area contributed by atoms with Gasteiger partial charge < -0.3 is 24.4 Å². The van der Waals surface area contributed by atoms with E-state index in [-0.39, 0.29) is 5.91 Å². The van der Waals surface area contributed by atoms with Gasteiger partial charge in [-0.2, -0.15) is 0 Å². The summed E-state index contributed by atoms with van der Waals surface area (Å²) in [4.78, 5) is 14.6. The molecule has 2 aromatic rings. The van der Waals surface area contributed by atoms with Crippen molar-refractivity contribution in [3.8, 4) is 17.2 Å². The maximum absolute atomic E-state index is 12.5. The number of aryl methyl sites for hydroxylation is 1. The number of hydrogen-bond acceptors (Lipinski definition) is 5. The van der Waals surface area contributed by atoms with Crippen molar-refractivity contribution in [1.82, 2.24) is 5.32 Å². The molecular weight excluding hydrogens is 344 g/mol. The molecule has 6 nitrogen and oxygen atoms in total. The predicted molar refractivity (Wildman–Crippen MR) is 108 cm³/mol. The highest BCUT2D eigenvalue weighted by atomic mass is 16.5. The van der Waals surface area contributed by atoms with E-state index in [1.54, 1.807) is 19.2 Å². The summed E-state index contributed by atoms with van der Waals surface area (Å²) < 4.78 is 15.8. The Balaban J connectivity index is 1.93. The van der Waals surface area contributed by atoms with Gasteiger partial charge in [0.05, 0.1) is 26.9 Å². The Morgan fingerprint density at radius 1 is 0.926 bits per heavy atom. The van der Waals surface area contributed by atoms with Crippen molar-refractivity contribution in [2.45, 2.75) is 12.8 Å². The monoisotopic (exact) mass is 372 g/mol. The zero-order valence-electron chi connectivity index (χ0n) is 16.7. The third-order valence-corrected chi connectivity index (χ3v) is 4.33. The highest BCUT2D eigenvalue weighted by Gasteiger charge is 2.17. The first-order valence-electron chi connectivity index (χ1n) is 8.84. The number of nitrogens with one attached hydrogen (secondary N) is 1. The molecule has 27 heavy (non-hydrogen) atoms. The van der Waals surface area contributed by atoms with Crippen molar-refractivity contribution in [2.75, 3.05) is 46.9 Å². The lowest BCUT2D eigenvalue weighted by atomic mass is 10.1. The molecule has 0 aliphatic rings. The van der Waals surface area contributed by atoms with Crippen LogP contribution in [0.15, 0.2) is 36.4 Å². The van der Waals surface area contributed by atoms with Crippen LogP contribution in [0.1, 0.15) is 22.3 Å². The van der Waals surface area contributed by atoms with Gasteiger partial charge in [-0.1, -0.05) is 12.1 Å². The number of methoxy groups -OCH3 is 3. The summed E-state index contributed by atoms with van der Waals surface area (Å²) in [5.41, 5.74) is 2.84. The minimum atomic E-state index is -0.198. The fraction of sp³-hybridized carbons (Fsp3) is 0.381. The number of nitrogens with zero attached hydrogens (tertiary/aromatic N) is 1. The minimum Gasteiger partial charge on any atom is -0.496 e. The van der Waals surface area contributed by atoms with Crippen molar-refractivity contribution in [3.63, 3.8) is 0 Å². The number of hydrogen-bond donors (Lipinski definition) is 1. The van der Waals surface area contributed by atoms with Crippen LogP contribution in [-0.4, -0.2) is 47.9 Å². The molecule has 6 heteroatoms. The Morgan fingerprint density at radius 3 is 2.07 bits per heavy atom. The summed E-state index contributed by atoms with van der Waals surface area (Å²) in [7, 11) is 8.64. The Kier molecular flexibility index (Phi) is 7.34. The number of ether oxygens (including phenoxy) is 3. The molecule has 0 bridgehead atoms. The van der Waals surface area contributed by atoms with Crippen molar-refractivity contribution in [2.24, 2.45) is 0 Å². The van der Waals surface area contributed by atoms with Crippen LogP contribution in [0.4, 0.5) is 5.69 Å². The minimum absolute atomic E-state index is 0.198. The van der Waals surface area contributed by atoms with Crippen LogP contribution in [0.5, 0.6) is 17.2 Å². The molecule has 0 unspecified atom stereocenters. The largest absolute Gasteiger partial charge is 0.496 e. The zero-order chi connectivity index (χ0) is 19.8. The highest BCUT2D eigenvalue weighted by molar-refractivity contribution is 5.97. The van der Waals surface area contributed by atoms with E-state index in [1.807, 2.05) is 14.1 Å². The summed E-state index contributed by atoms with van der Waals surface area (Å²) in [6.07, 6.45) is 1.75. The zero-order valence-corrected chi connectivity index (χ0v) is 16.7. The second-order valence-electron chi connectivity index (χ2n) is 6.33. The predicted octanol–water partition coefficient (Wildman–Crippen LogP) is 3.14. The van der Waals surface area contributed by atoms with Gasteiger partial charge in [-0.15, -0.1) is 0 Å². The first-order valence-corrected chi connectivity index (χ1v) is 8.84. The molecule has 0 aliphatic heterocycles. The summed E-state index contributed by atoms with van der Waals surface area (Å²) in [6, 6.07) is 11.7. The van der Waals surface area contributed by atoms with Crippen molar-refractivity contribution in [1.29, 1.82) is 0 Å². The maximum Gasteiger partial charge on any atom is 0.255 e. The molecule has 0 saturated heterocycles. The standard InChI is InChI=1S/C21H28N2O4/c1-23(2)16-10-8-15(9-11-16)7-6-12-22-21(24)17-13-19(26-4)20(27-5)14-18(17)25-3/h8-11,13-14H,6-7,12H2,1-5H3,(H,22,24). The molecule has 0 fully saturated rings. The summed E-state index contributed by atoms with van der Waals surface area (Å²) in [6.45, 7) is 0.575. The van der Waals surface area contributed by atoms with Crippen LogP contribution in [0.25, 0.3) is 0 Å². The quantitative estimate of drug-likeness (QED) is 0.685. The molecule has 0 heterocycles. The second-order valence-corrected chi connectivity index (χ2v) is 6.33. The maximum atomic E-state index is 12.5. The summed E-state index contributed by atoms with van der Waals surface area (Å²) in [5, 5.41) is 2.94. The van der Waals surface area contributed by atoms with Crippen molar-refractivity contribution in [3.05, 3.63) is 47.5 Å². The van der Waals surface area contributed by atoms with Gasteiger partial charge in [0.1, 0.15) is 5.75 Å². The van der Waals surface area contributed by atoms with Gasteiger partial charge in [-0.3, -0.25) is 4.79 Å². The number of anilines is 1. The fourth-order valence-electron chi connectivity index (χ4n) is 2.76. The number of carbonyl (C=O) groups is 1. The average molecular weight is 372 g/mol. The van der Waals surface area contributed by atoms with E-state index < -0.39 is 0 Å². The third kappa shape index (κ3) is 5.29. The van der Waals surface area contributed by atoms with Gasteiger partial charge >= 0.3 is 0 Å². The molecule has 146 valence electrons. The number of amides is 1. The fourth-order valence-corrected chi connectivity index (χ4v) is 2.76. The van der Waals surface area contributed by atoms with Gasteiger partial charge in [0.15, 0.2) is 11.5 Å². The summed E-state index contributed by atoms with van der Waals surface area (Å²) >= 11 is 0. The SMILES string of the molecule is COc1cc(OC)c(C(=O)NCCCc2ccc(N(C)C)cc2)cc1OC. The molecule has 0 aliphatic carbocycles. The second kappa shape index (κ2) is 9.71. The smallest absolute Gasteiger partial charge is 0.255 e. The van der Waals surface area contributed by atoms with Gasteiger partial charge in [0.25, 0.3) is 5.91 Å². The number of rotatable bonds is 9. The Hall–Kier alpha value is -2.89. The lowest BCUT2D eigenvalue weighted by Gasteiger charge is -2.14. The van der Waals surface area contributed by atoms with E-state index in [4.69, 9.17) is 14.2 Å². The molecule has 0 spiro atoms. The van der Waals surface area contributed by atoms with Crippen LogP contribution in [0.2, 0.25) is 0 Å². The van der Waals surface area contributed by atoms with Crippen LogP contribution >= 0.6 is 0 Å². The number of benzene rings is 2. The first kappa shape index (κ1) is 20.4. The molecule has 2 rings (SSSR count). The van der Waals surface area contributed by atoms with Crippen LogP contribution in [0, 0.1) is 0 Å². The summed E-state index contributed by atoms with van der Waals surface area (Å²) in [5.74, 6) is 1.26. The van der Waals surface area contributed by atoms with E-state index in [9.17, 15) is 4.79 Å². The topological polar surface area (TPSA) is 60.0 Å². The van der Waals surface area contributed by atoms with Gasteiger partial charge in [0.2, 0.25) is 0 Å². The molecule has 0 saturated carbocycles. The normalized spacial score (nSPS) is 10.3. The molecule has 2 aromatic carbocycles. The van der Waals surface area contributed by atoms with Crippen molar-refractivity contribution < 1.29 is 19.0 Å². The number of carbonyl (C=O) groups excluding carboxylic acids is 1. The van der Waals surface area contributed by atoms with E-state index in [0.29, 0.717) is 29.4 Å². The molecule has 0 atom stereocenters. The Morgan fingerprint density at radius 2 is 1.52 bits per heavy atom. The molecule has 0 radical (unpaired) electrons. The van der Waals surface area contributed by atoms with Crippen molar-refractivity contribution >= 4 is 11.6 Å². The van der Waals surface area contributed by atoms with E-state index in [1.165, 1.54) is 25.5 Å². The van der Waals surface area contributed by atoms with Gasteiger partial charge in [-0.05, 0) is 30.5 Å². The van der Waals surface area contributed by atoms with E-state index in [0.717, 1.165) is 12.8 Å². The Labute approximate surface area is 161 Å². The van der Waals surface area contributed by atoms with Crippen LogP contribution in [-0.2, 0) is 6.42 Å². The molecule has 1 N–H and O–H groups in total. The van der Waals surface area contributed by atoms with E-state index in [2.05, 4.69) is 34.5 Å². The molecular formula is C21H28N2O4. The molecule has 1 amide bonds. The van der Waals surface area contributed by atoms with E-state index >= 15 is 0 Å². The van der Waals surface area contributed by atoms with Gasteiger partial charge in [0, 0.05) is 38.5 Å². The molecule has 0 aromatic heterocycles.